The lowest BCUT2D eigenvalue weighted by Crippen LogP contribution is -3.13. The summed E-state index contributed by atoms with van der Waals surface area (Å²) in [5.74, 6) is 1.87. The van der Waals surface area contributed by atoms with Gasteiger partial charge in [0, 0.05) is 12.0 Å². The summed E-state index contributed by atoms with van der Waals surface area (Å²) in [6, 6.07) is 16.2. The van der Waals surface area contributed by atoms with Crippen LogP contribution in [0.2, 0.25) is 0 Å². The molecule has 136 valence electrons. The third-order valence-corrected chi connectivity index (χ3v) is 5.32. The predicted octanol–water partition coefficient (Wildman–Crippen LogP) is 0.926. The Balaban J connectivity index is 1.29. The second-order valence-electron chi connectivity index (χ2n) is 7.02. The van der Waals surface area contributed by atoms with Crippen LogP contribution in [0.5, 0.6) is 11.5 Å². The number of carbonyl (C=O) groups is 1. The summed E-state index contributed by atoms with van der Waals surface area (Å²) in [6.07, 6.45) is 0.337. The molecule has 4 rings (SSSR count). The average Bonchev–Trinajstić information content (AvgIpc) is 3.13. The zero-order valence-electron chi connectivity index (χ0n) is 15.1. The maximum atomic E-state index is 12.8. The maximum absolute atomic E-state index is 12.8. The van der Waals surface area contributed by atoms with Crippen LogP contribution in [-0.2, 0) is 17.8 Å². The number of benzene rings is 2. The van der Waals surface area contributed by atoms with Gasteiger partial charge in [-0.15, -0.1) is 0 Å². The van der Waals surface area contributed by atoms with Crippen molar-refractivity contribution < 1.29 is 19.2 Å². The molecule has 2 aliphatic rings. The number of methoxy groups -OCH3 is 1. The van der Waals surface area contributed by atoms with E-state index in [1.54, 1.807) is 7.11 Å². The van der Waals surface area contributed by atoms with Crippen molar-refractivity contribution >= 4 is 5.91 Å². The summed E-state index contributed by atoms with van der Waals surface area (Å²) in [4.78, 5) is 16.3. The van der Waals surface area contributed by atoms with Gasteiger partial charge in [-0.05, 0) is 35.9 Å². The normalized spacial score (nSPS) is 19.7. The van der Waals surface area contributed by atoms with E-state index in [9.17, 15) is 4.79 Å². The molecular weight excluding hydrogens is 328 g/mol. The molecule has 0 aliphatic carbocycles. The number of hydrogen-bond acceptors (Lipinski definition) is 3. The summed E-state index contributed by atoms with van der Waals surface area (Å²) in [7, 11) is 1.68. The Morgan fingerprint density at radius 3 is 2.58 bits per heavy atom. The van der Waals surface area contributed by atoms with Crippen LogP contribution in [0.15, 0.2) is 48.5 Å². The van der Waals surface area contributed by atoms with Crippen molar-refractivity contribution in [3.63, 3.8) is 0 Å². The summed E-state index contributed by atoms with van der Waals surface area (Å²) in [5, 5.41) is 0. The van der Waals surface area contributed by atoms with Gasteiger partial charge in [-0.2, -0.15) is 0 Å². The molecule has 1 atom stereocenters. The molecule has 2 aromatic carbocycles. The van der Waals surface area contributed by atoms with Crippen LogP contribution in [0, 0.1) is 0 Å². The highest BCUT2D eigenvalue weighted by Gasteiger charge is 2.34. The minimum Gasteiger partial charge on any atom is -0.497 e. The molecule has 1 saturated heterocycles. The summed E-state index contributed by atoms with van der Waals surface area (Å²) in [5.41, 5.74) is 2.43. The Labute approximate surface area is 154 Å². The Hall–Kier alpha value is -2.53. The zero-order valence-corrected chi connectivity index (χ0v) is 15.1. The molecule has 0 unspecified atom stereocenters. The first-order chi connectivity index (χ1) is 12.7. The summed E-state index contributed by atoms with van der Waals surface area (Å²) < 4.78 is 11.1. The molecule has 26 heavy (non-hydrogen) atoms. The van der Waals surface area contributed by atoms with Gasteiger partial charge in [0.15, 0.2) is 6.10 Å². The van der Waals surface area contributed by atoms with E-state index < -0.39 is 0 Å². The number of nitrogens with zero attached hydrogens (tertiary/aromatic N) is 1. The van der Waals surface area contributed by atoms with Gasteiger partial charge in [0.2, 0.25) is 0 Å². The van der Waals surface area contributed by atoms with Crippen LogP contribution in [0.4, 0.5) is 0 Å². The van der Waals surface area contributed by atoms with E-state index in [4.69, 9.17) is 9.47 Å². The summed E-state index contributed by atoms with van der Waals surface area (Å²) in [6.45, 7) is 4.51. The highest BCUT2D eigenvalue weighted by atomic mass is 16.5. The van der Waals surface area contributed by atoms with Crippen molar-refractivity contribution in [2.24, 2.45) is 0 Å². The standard InChI is InChI=1S/C21H24N2O3/c1-25-18-8-6-16(7-9-18)15-22-10-12-23(13-11-22)21(24)20-14-17-4-2-3-5-19(17)26-20/h2-9,20H,10-15H2,1H3/p+1/t20-/m0/s1. The van der Waals surface area contributed by atoms with E-state index >= 15 is 0 Å². The van der Waals surface area contributed by atoms with Crippen molar-refractivity contribution in [1.29, 1.82) is 0 Å². The number of amides is 1. The maximum Gasteiger partial charge on any atom is 0.264 e. The van der Waals surface area contributed by atoms with Crippen LogP contribution in [0.3, 0.4) is 0 Å². The average molecular weight is 353 g/mol. The number of quaternary nitrogens is 1. The molecule has 2 heterocycles. The van der Waals surface area contributed by atoms with Crippen molar-refractivity contribution in [1.82, 2.24) is 4.90 Å². The SMILES string of the molecule is COc1ccc(C[NH+]2CCN(C(=O)[C@@H]3Cc4ccccc4O3)CC2)cc1. The van der Waals surface area contributed by atoms with Crippen molar-refractivity contribution in [3.05, 3.63) is 59.7 Å². The molecule has 0 saturated carbocycles. The first-order valence-corrected chi connectivity index (χ1v) is 9.23. The van der Waals surface area contributed by atoms with Crippen molar-refractivity contribution in [2.75, 3.05) is 33.3 Å². The number of rotatable bonds is 4. The van der Waals surface area contributed by atoms with E-state index in [1.807, 2.05) is 41.3 Å². The fourth-order valence-electron chi connectivity index (χ4n) is 3.78. The van der Waals surface area contributed by atoms with Crippen LogP contribution < -0.4 is 14.4 Å². The van der Waals surface area contributed by atoms with Crippen LogP contribution in [0.25, 0.3) is 0 Å². The highest BCUT2D eigenvalue weighted by Crippen LogP contribution is 2.28. The lowest BCUT2D eigenvalue weighted by Gasteiger charge is -2.33. The number of fused-ring (bicyclic) bond motifs is 1. The number of hydrogen-bond donors (Lipinski definition) is 1. The molecular formula is C21H25N2O3+. The smallest absolute Gasteiger partial charge is 0.264 e. The topological polar surface area (TPSA) is 43.2 Å². The molecule has 0 spiro atoms. The lowest BCUT2D eigenvalue weighted by molar-refractivity contribution is -0.917. The van der Waals surface area contributed by atoms with E-state index in [2.05, 4.69) is 12.1 Å². The Morgan fingerprint density at radius 1 is 1.15 bits per heavy atom. The molecule has 1 amide bonds. The van der Waals surface area contributed by atoms with Gasteiger partial charge in [0.05, 0.1) is 33.3 Å². The fourth-order valence-corrected chi connectivity index (χ4v) is 3.78. The van der Waals surface area contributed by atoms with Gasteiger partial charge in [-0.25, -0.2) is 0 Å². The zero-order chi connectivity index (χ0) is 17.9. The largest absolute Gasteiger partial charge is 0.497 e. The minimum atomic E-state index is -0.351. The first kappa shape index (κ1) is 16.9. The number of para-hydroxylation sites is 1. The van der Waals surface area contributed by atoms with Gasteiger partial charge in [0.25, 0.3) is 5.91 Å². The van der Waals surface area contributed by atoms with Crippen LogP contribution in [0.1, 0.15) is 11.1 Å². The van der Waals surface area contributed by atoms with Gasteiger partial charge >= 0.3 is 0 Å². The van der Waals surface area contributed by atoms with Gasteiger partial charge in [0.1, 0.15) is 18.0 Å². The molecule has 0 aromatic heterocycles. The van der Waals surface area contributed by atoms with Gasteiger partial charge < -0.3 is 19.3 Å². The van der Waals surface area contributed by atoms with E-state index in [1.165, 1.54) is 10.5 Å². The predicted molar refractivity (Wildman–Crippen MR) is 98.5 cm³/mol. The Kier molecular flexibility index (Phi) is 4.80. The molecule has 2 aliphatic heterocycles. The van der Waals surface area contributed by atoms with Crippen molar-refractivity contribution in [3.8, 4) is 11.5 Å². The highest BCUT2D eigenvalue weighted by molar-refractivity contribution is 5.82. The van der Waals surface area contributed by atoms with Gasteiger partial charge in [-0.1, -0.05) is 18.2 Å². The number of carbonyl (C=O) groups excluding carboxylic acids is 1. The fraction of sp³-hybridized carbons (Fsp3) is 0.381. The minimum absolute atomic E-state index is 0.129. The molecule has 5 heteroatoms. The number of ether oxygens (including phenoxy) is 2. The van der Waals surface area contributed by atoms with E-state index in [-0.39, 0.29) is 12.0 Å². The molecule has 1 N–H and O–H groups in total. The lowest BCUT2D eigenvalue weighted by atomic mass is 10.1. The third-order valence-electron chi connectivity index (χ3n) is 5.32. The Bertz CT molecular complexity index is 742. The molecule has 5 nitrogen and oxygen atoms in total. The van der Waals surface area contributed by atoms with Gasteiger partial charge in [-0.3, -0.25) is 4.79 Å². The second kappa shape index (κ2) is 7.38. The van der Waals surface area contributed by atoms with Crippen molar-refractivity contribution in [2.45, 2.75) is 19.1 Å². The molecule has 0 radical (unpaired) electrons. The quantitative estimate of drug-likeness (QED) is 0.889. The van der Waals surface area contributed by atoms with E-state index in [0.29, 0.717) is 6.42 Å². The molecule has 0 bridgehead atoms. The van der Waals surface area contributed by atoms with Crippen LogP contribution in [-0.4, -0.2) is 50.2 Å². The number of piperazine rings is 1. The monoisotopic (exact) mass is 353 g/mol. The third kappa shape index (κ3) is 3.53. The summed E-state index contributed by atoms with van der Waals surface area (Å²) >= 11 is 0. The second-order valence-corrected chi connectivity index (χ2v) is 7.02. The first-order valence-electron chi connectivity index (χ1n) is 9.23. The van der Waals surface area contributed by atoms with Crippen LogP contribution >= 0.6 is 0 Å². The molecule has 1 fully saturated rings. The Morgan fingerprint density at radius 2 is 1.88 bits per heavy atom. The molecule has 2 aromatic rings. The number of nitrogens with one attached hydrogen (secondary N) is 1. The van der Waals surface area contributed by atoms with E-state index in [0.717, 1.165) is 49.8 Å².